The van der Waals surface area contributed by atoms with Gasteiger partial charge >= 0.3 is 0 Å². The van der Waals surface area contributed by atoms with E-state index in [2.05, 4.69) is 31.8 Å². The molecular weight excluding hydrogens is 486 g/mol. The van der Waals surface area contributed by atoms with Crippen LogP contribution in [0, 0.1) is 32.8 Å². The lowest BCUT2D eigenvalue weighted by atomic mass is 9.72. The Morgan fingerprint density at radius 2 is 2.00 bits per heavy atom. The molecule has 4 rings (SSSR count). The second-order valence-electron chi connectivity index (χ2n) is 9.40. The molecule has 0 saturated heterocycles. The lowest BCUT2D eigenvalue weighted by Gasteiger charge is -2.33. The summed E-state index contributed by atoms with van der Waals surface area (Å²) in [7, 11) is 0. The number of fused-ring (bicyclic) bond motifs is 1. The van der Waals surface area contributed by atoms with Crippen molar-refractivity contribution in [3.8, 4) is 6.07 Å². The molecule has 1 aliphatic rings. The van der Waals surface area contributed by atoms with Crippen LogP contribution >= 0.6 is 34.7 Å². The van der Waals surface area contributed by atoms with Crippen molar-refractivity contribution in [1.82, 2.24) is 0 Å². The number of hydrogen-bond acceptors (Lipinski definition) is 6. The van der Waals surface area contributed by atoms with E-state index in [1.165, 1.54) is 22.7 Å². The predicted octanol–water partition coefficient (Wildman–Crippen LogP) is 8.23. The number of hydrogen-bond donors (Lipinski definition) is 0. The van der Waals surface area contributed by atoms with Gasteiger partial charge in [-0.15, -0.1) is 11.3 Å². The number of rotatable bonds is 5. The summed E-state index contributed by atoms with van der Waals surface area (Å²) >= 11 is 8.82. The Bertz CT molecular complexity index is 1300. The number of benzene rings is 2. The lowest BCUT2D eigenvalue weighted by Crippen LogP contribution is -2.26. The van der Waals surface area contributed by atoms with Gasteiger partial charge in [-0.05, 0) is 72.1 Å². The second kappa shape index (κ2) is 9.91. The Balaban J connectivity index is 1.60. The molecule has 1 heterocycles. The smallest absolute Gasteiger partial charge is 0.258 e. The van der Waals surface area contributed by atoms with E-state index in [1.54, 1.807) is 35.8 Å². The van der Waals surface area contributed by atoms with Crippen LogP contribution in [0.2, 0.25) is 5.02 Å². The summed E-state index contributed by atoms with van der Waals surface area (Å²) < 4.78 is 0. The number of nitriles is 1. The Morgan fingerprint density at radius 3 is 2.65 bits per heavy atom. The van der Waals surface area contributed by atoms with Crippen molar-refractivity contribution in [2.45, 2.75) is 49.8 Å². The first kappa shape index (κ1) is 24.5. The first-order valence-corrected chi connectivity index (χ1v) is 13.0. The third-order valence-electron chi connectivity index (χ3n) is 6.14. The van der Waals surface area contributed by atoms with Crippen LogP contribution in [0.15, 0.2) is 57.2 Å². The van der Waals surface area contributed by atoms with E-state index in [4.69, 9.17) is 11.6 Å². The molecule has 0 unspecified atom stereocenters. The zero-order valence-corrected chi connectivity index (χ0v) is 21.6. The van der Waals surface area contributed by atoms with Gasteiger partial charge in [-0.2, -0.15) is 5.26 Å². The van der Waals surface area contributed by atoms with Crippen molar-refractivity contribution < 1.29 is 4.92 Å². The largest absolute Gasteiger partial charge is 0.283 e. The average molecular weight is 510 g/mol. The van der Waals surface area contributed by atoms with Crippen molar-refractivity contribution in [2.24, 2.45) is 16.3 Å². The van der Waals surface area contributed by atoms with Gasteiger partial charge in [-0.3, -0.25) is 10.1 Å². The van der Waals surface area contributed by atoms with Crippen LogP contribution in [0.4, 0.5) is 10.7 Å². The van der Waals surface area contributed by atoms with Gasteiger partial charge in [0.25, 0.3) is 5.69 Å². The molecule has 174 valence electrons. The van der Waals surface area contributed by atoms with Crippen LogP contribution < -0.4 is 0 Å². The van der Waals surface area contributed by atoms with Crippen LogP contribution in [-0.4, -0.2) is 11.1 Å². The van der Waals surface area contributed by atoms with Gasteiger partial charge in [-0.25, -0.2) is 4.99 Å². The third kappa shape index (κ3) is 5.35. The highest BCUT2D eigenvalue weighted by Crippen LogP contribution is 2.45. The standard InChI is InChI=1S/C26H24ClN3O2S2/c1-26(2,3)17-5-10-20-21(14-28)25(34-24(20)13-17)29-15-16-4-11-23(22(12-16)30(31)32)33-19-8-6-18(27)7-9-19/h4,6-9,11-12,15,17H,5,10,13H2,1-3H3/t17-/m0/s1. The van der Waals surface area contributed by atoms with E-state index in [0.29, 0.717) is 32.0 Å². The van der Waals surface area contributed by atoms with Gasteiger partial charge in [0.2, 0.25) is 0 Å². The highest BCUT2D eigenvalue weighted by Gasteiger charge is 2.32. The molecule has 1 atom stereocenters. The normalized spacial score (nSPS) is 15.8. The van der Waals surface area contributed by atoms with E-state index < -0.39 is 0 Å². The van der Waals surface area contributed by atoms with E-state index in [-0.39, 0.29) is 16.0 Å². The summed E-state index contributed by atoms with van der Waals surface area (Å²) in [6.07, 6.45) is 4.55. The molecule has 3 aromatic rings. The molecule has 0 fully saturated rings. The summed E-state index contributed by atoms with van der Waals surface area (Å²) in [4.78, 5) is 18.6. The van der Waals surface area contributed by atoms with Gasteiger partial charge in [0.15, 0.2) is 0 Å². The Kier molecular flexibility index (Phi) is 7.13. The molecule has 8 heteroatoms. The number of nitrogens with zero attached hydrogens (tertiary/aromatic N) is 3. The first-order chi connectivity index (χ1) is 16.2. The molecule has 0 amide bonds. The molecule has 0 saturated carbocycles. The van der Waals surface area contributed by atoms with Gasteiger partial charge < -0.3 is 0 Å². The summed E-state index contributed by atoms with van der Waals surface area (Å²) in [5.74, 6) is 0.579. The number of nitro groups is 1. The summed E-state index contributed by atoms with van der Waals surface area (Å²) in [5.41, 5.74) is 2.63. The topological polar surface area (TPSA) is 79.3 Å². The molecule has 1 aromatic heterocycles. The maximum Gasteiger partial charge on any atom is 0.283 e. The van der Waals surface area contributed by atoms with Crippen LogP contribution in [0.1, 0.15) is 48.8 Å². The number of thiophene rings is 1. The fourth-order valence-corrected chi connectivity index (χ4v) is 6.37. The summed E-state index contributed by atoms with van der Waals surface area (Å²) in [6, 6.07) is 14.6. The van der Waals surface area contributed by atoms with Crippen molar-refractivity contribution in [1.29, 1.82) is 5.26 Å². The molecule has 34 heavy (non-hydrogen) atoms. The fourth-order valence-electron chi connectivity index (χ4n) is 4.12. The van der Waals surface area contributed by atoms with E-state index >= 15 is 0 Å². The van der Waals surface area contributed by atoms with Crippen molar-refractivity contribution >= 4 is 51.6 Å². The summed E-state index contributed by atoms with van der Waals surface area (Å²) in [6.45, 7) is 6.80. The van der Waals surface area contributed by atoms with E-state index in [0.717, 1.165) is 29.7 Å². The molecule has 5 nitrogen and oxygen atoms in total. The highest BCUT2D eigenvalue weighted by atomic mass is 35.5. The van der Waals surface area contributed by atoms with Crippen LogP contribution in [0.25, 0.3) is 0 Å². The molecule has 0 radical (unpaired) electrons. The quantitative estimate of drug-likeness (QED) is 0.197. The molecule has 0 spiro atoms. The maximum atomic E-state index is 11.7. The molecule has 0 bridgehead atoms. The number of nitro benzene ring substituents is 1. The maximum absolute atomic E-state index is 11.7. The molecule has 0 aliphatic heterocycles. The molecule has 1 aliphatic carbocycles. The van der Waals surface area contributed by atoms with Crippen LogP contribution in [0.5, 0.6) is 0 Å². The first-order valence-electron chi connectivity index (χ1n) is 11.0. The minimum absolute atomic E-state index is 0.0166. The van der Waals surface area contributed by atoms with Crippen LogP contribution in [-0.2, 0) is 12.8 Å². The number of aliphatic imine (C=N–C) groups is 1. The average Bonchev–Trinajstić information content (AvgIpc) is 3.15. The third-order valence-corrected chi connectivity index (χ3v) is 8.62. The second-order valence-corrected chi connectivity index (χ2v) is 12.0. The van der Waals surface area contributed by atoms with Crippen molar-refractivity contribution in [2.75, 3.05) is 0 Å². The molecule has 0 N–H and O–H groups in total. The number of halogens is 1. The zero-order chi connectivity index (χ0) is 24.5. The predicted molar refractivity (Wildman–Crippen MR) is 140 cm³/mol. The Morgan fingerprint density at radius 1 is 1.26 bits per heavy atom. The van der Waals surface area contributed by atoms with Gasteiger partial charge in [0, 0.05) is 27.1 Å². The SMILES string of the molecule is CC(C)(C)[C@H]1CCc2c(sc(N=Cc3ccc(Sc4ccc(Cl)cc4)c([N+](=O)[O-])c3)c2C#N)C1. The molecule has 2 aromatic carbocycles. The van der Waals surface area contributed by atoms with Crippen molar-refractivity contribution in [3.05, 3.63) is 79.2 Å². The summed E-state index contributed by atoms with van der Waals surface area (Å²) in [5, 5.41) is 22.8. The monoisotopic (exact) mass is 509 g/mol. The molecular formula is C26H24ClN3O2S2. The van der Waals surface area contributed by atoms with E-state index in [9.17, 15) is 15.4 Å². The van der Waals surface area contributed by atoms with Gasteiger partial charge in [0.1, 0.15) is 11.1 Å². The van der Waals surface area contributed by atoms with Gasteiger partial charge in [-0.1, -0.05) is 50.2 Å². The Labute approximate surface area is 212 Å². The zero-order valence-electron chi connectivity index (χ0n) is 19.2. The van der Waals surface area contributed by atoms with Crippen LogP contribution in [0.3, 0.4) is 0 Å². The minimum Gasteiger partial charge on any atom is -0.258 e. The Hall–Kier alpha value is -2.66. The minimum atomic E-state index is -0.382. The fraction of sp³-hybridized carbons (Fsp3) is 0.308. The van der Waals surface area contributed by atoms with E-state index in [1.807, 2.05) is 18.2 Å². The van der Waals surface area contributed by atoms with Gasteiger partial charge in [0.05, 0.1) is 15.4 Å². The van der Waals surface area contributed by atoms with Crippen molar-refractivity contribution in [3.63, 3.8) is 0 Å². The highest BCUT2D eigenvalue weighted by molar-refractivity contribution is 7.99. The lowest BCUT2D eigenvalue weighted by molar-refractivity contribution is -0.387.